The molecule has 3 aromatic heterocycles. The fraction of sp³-hybridized carbons (Fsp3) is 0.394. The Balaban J connectivity index is 1.41. The van der Waals surface area contributed by atoms with Crippen LogP contribution < -0.4 is 15.4 Å². The Bertz CT molecular complexity index is 1700. The quantitative estimate of drug-likeness (QED) is 0.262. The van der Waals surface area contributed by atoms with Gasteiger partial charge in [0.2, 0.25) is 11.8 Å². The normalized spacial score (nSPS) is 15.0. The highest BCUT2D eigenvalue weighted by molar-refractivity contribution is 6.19. The molecule has 9 heteroatoms. The number of anilines is 2. The molecule has 0 unspecified atom stereocenters. The average molecular weight is 570 g/mol. The standard InChI is InChI=1S/C33H39N5O4/c1-7-38-27-12-11-24(19-28(27)35(6)31(40)33(4,5)32(38)41)20-36(21-25-10-8-14-34-23(25)3)15-9-16-37-17-13-29-26(30(37)39)18-22(2)42-29/h8,10-14,17-19H,7,9,15-16,20-21H2,1-6H3. The number of aromatic nitrogens is 2. The second-order valence-electron chi connectivity index (χ2n) is 11.6. The largest absolute Gasteiger partial charge is 0.461 e. The van der Waals surface area contributed by atoms with Crippen molar-refractivity contribution in [2.24, 2.45) is 5.41 Å². The van der Waals surface area contributed by atoms with Gasteiger partial charge in [0.15, 0.2) is 0 Å². The molecule has 0 spiro atoms. The number of carbonyl (C=O) groups is 2. The monoisotopic (exact) mass is 569 g/mol. The van der Waals surface area contributed by atoms with Gasteiger partial charge in [0, 0.05) is 57.9 Å². The maximum Gasteiger partial charge on any atom is 0.261 e. The van der Waals surface area contributed by atoms with Crippen molar-refractivity contribution in [2.75, 3.05) is 29.9 Å². The molecule has 0 atom stereocenters. The first-order chi connectivity index (χ1) is 20.0. The van der Waals surface area contributed by atoms with E-state index < -0.39 is 5.41 Å². The third-order valence-electron chi connectivity index (χ3n) is 8.20. The van der Waals surface area contributed by atoms with Gasteiger partial charge in [-0.25, -0.2) is 0 Å². The number of pyridine rings is 2. The summed E-state index contributed by atoms with van der Waals surface area (Å²) in [6.45, 7) is 12.3. The van der Waals surface area contributed by atoms with Crippen LogP contribution in [0.4, 0.5) is 11.4 Å². The van der Waals surface area contributed by atoms with Crippen molar-refractivity contribution in [3.63, 3.8) is 0 Å². The first-order valence-corrected chi connectivity index (χ1v) is 14.5. The van der Waals surface area contributed by atoms with Crippen molar-refractivity contribution in [3.8, 4) is 0 Å². The minimum Gasteiger partial charge on any atom is -0.461 e. The van der Waals surface area contributed by atoms with E-state index in [1.807, 2.05) is 51.1 Å². The predicted molar refractivity (Wildman–Crippen MR) is 165 cm³/mol. The van der Waals surface area contributed by atoms with Gasteiger partial charge >= 0.3 is 0 Å². The lowest BCUT2D eigenvalue weighted by Gasteiger charge is -2.27. The highest BCUT2D eigenvalue weighted by Gasteiger charge is 2.45. The minimum absolute atomic E-state index is 0.0459. The van der Waals surface area contributed by atoms with Crippen LogP contribution in [0.2, 0.25) is 0 Å². The van der Waals surface area contributed by atoms with Gasteiger partial charge in [-0.1, -0.05) is 12.1 Å². The summed E-state index contributed by atoms with van der Waals surface area (Å²) in [5.74, 6) is 0.307. The zero-order valence-corrected chi connectivity index (χ0v) is 25.3. The van der Waals surface area contributed by atoms with Crippen molar-refractivity contribution in [3.05, 3.63) is 87.8 Å². The molecule has 0 aliphatic carbocycles. The van der Waals surface area contributed by atoms with Crippen molar-refractivity contribution < 1.29 is 14.0 Å². The lowest BCUT2D eigenvalue weighted by Crippen LogP contribution is -2.47. The van der Waals surface area contributed by atoms with E-state index in [0.717, 1.165) is 46.9 Å². The van der Waals surface area contributed by atoms with Gasteiger partial charge in [-0.15, -0.1) is 0 Å². The fourth-order valence-electron chi connectivity index (χ4n) is 5.79. The highest BCUT2D eigenvalue weighted by Crippen LogP contribution is 2.39. The van der Waals surface area contributed by atoms with Crippen molar-refractivity contribution >= 4 is 34.2 Å². The summed E-state index contributed by atoms with van der Waals surface area (Å²) in [7, 11) is 1.74. The van der Waals surface area contributed by atoms with E-state index in [1.165, 1.54) is 0 Å². The molecule has 4 heterocycles. The molecular formula is C33H39N5O4. The number of benzene rings is 1. The number of fused-ring (bicyclic) bond motifs is 2. The second-order valence-corrected chi connectivity index (χ2v) is 11.6. The van der Waals surface area contributed by atoms with E-state index >= 15 is 0 Å². The van der Waals surface area contributed by atoms with Crippen LogP contribution in [0.5, 0.6) is 0 Å². The third kappa shape index (κ3) is 5.48. The number of amides is 2. The number of hydrogen-bond acceptors (Lipinski definition) is 6. The van der Waals surface area contributed by atoms with Crippen LogP contribution in [0.25, 0.3) is 11.0 Å². The van der Waals surface area contributed by atoms with Gasteiger partial charge in [0.05, 0.1) is 16.8 Å². The molecule has 1 aliphatic rings. The van der Waals surface area contributed by atoms with E-state index in [4.69, 9.17) is 4.42 Å². The predicted octanol–water partition coefficient (Wildman–Crippen LogP) is 5.05. The van der Waals surface area contributed by atoms with E-state index in [9.17, 15) is 14.4 Å². The molecule has 0 bridgehead atoms. The zero-order chi connectivity index (χ0) is 30.2. The molecule has 0 fully saturated rings. The number of rotatable bonds is 9. The number of hydrogen-bond donors (Lipinski definition) is 0. The zero-order valence-electron chi connectivity index (χ0n) is 25.3. The number of carbonyl (C=O) groups excluding carboxylic acids is 2. The first-order valence-electron chi connectivity index (χ1n) is 14.5. The van der Waals surface area contributed by atoms with Crippen molar-refractivity contribution in [1.82, 2.24) is 14.5 Å². The third-order valence-corrected chi connectivity index (χ3v) is 8.20. The van der Waals surface area contributed by atoms with E-state index in [0.29, 0.717) is 37.1 Å². The Morgan fingerprint density at radius 1 is 0.976 bits per heavy atom. The Labute approximate surface area is 246 Å². The first kappa shape index (κ1) is 29.3. The maximum absolute atomic E-state index is 13.3. The molecule has 1 aromatic carbocycles. The summed E-state index contributed by atoms with van der Waals surface area (Å²) in [6.07, 6.45) is 4.35. The summed E-state index contributed by atoms with van der Waals surface area (Å²) in [5.41, 5.74) is 4.03. The molecule has 1 aliphatic heterocycles. The molecule has 0 saturated carbocycles. The smallest absolute Gasteiger partial charge is 0.261 e. The molecule has 2 amide bonds. The summed E-state index contributed by atoms with van der Waals surface area (Å²) in [5, 5.41) is 0.601. The number of nitrogens with zero attached hydrogens (tertiary/aromatic N) is 5. The summed E-state index contributed by atoms with van der Waals surface area (Å²) in [4.78, 5) is 49.7. The number of furan rings is 1. The summed E-state index contributed by atoms with van der Waals surface area (Å²) >= 11 is 0. The molecule has 0 saturated heterocycles. The van der Waals surface area contributed by atoms with Gasteiger partial charge in [-0.3, -0.25) is 24.3 Å². The van der Waals surface area contributed by atoms with Crippen LogP contribution in [-0.4, -0.2) is 46.4 Å². The van der Waals surface area contributed by atoms with Crippen LogP contribution in [0, 0.1) is 19.3 Å². The van der Waals surface area contributed by atoms with Gasteiger partial charge < -0.3 is 18.8 Å². The molecule has 220 valence electrons. The van der Waals surface area contributed by atoms with Crippen LogP contribution >= 0.6 is 0 Å². The SMILES string of the molecule is CCN1C(=O)C(C)(C)C(=O)N(C)c2cc(CN(CCCn3ccc4oc(C)cc4c3=O)Cc3cccnc3C)ccc21. The molecule has 42 heavy (non-hydrogen) atoms. The van der Waals surface area contributed by atoms with Crippen molar-refractivity contribution in [1.29, 1.82) is 0 Å². The lowest BCUT2D eigenvalue weighted by molar-refractivity contribution is -0.137. The Morgan fingerprint density at radius 3 is 2.50 bits per heavy atom. The van der Waals surface area contributed by atoms with Crippen LogP contribution in [0.1, 0.15) is 49.8 Å². The summed E-state index contributed by atoms with van der Waals surface area (Å²) in [6, 6.07) is 13.7. The summed E-state index contributed by atoms with van der Waals surface area (Å²) < 4.78 is 7.35. The van der Waals surface area contributed by atoms with Crippen LogP contribution in [-0.2, 0) is 29.2 Å². The van der Waals surface area contributed by atoms with Gasteiger partial charge in [0.25, 0.3) is 5.56 Å². The maximum atomic E-state index is 13.3. The lowest BCUT2D eigenvalue weighted by atomic mass is 9.90. The van der Waals surface area contributed by atoms with Gasteiger partial charge in [0.1, 0.15) is 16.8 Å². The minimum atomic E-state index is -1.15. The van der Waals surface area contributed by atoms with Crippen LogP contribution in [0.15, 0.2) is 64.1 Å². The van der Waals surface area contributed by atoms with E-state index in [2.05, 4.69) is 16.0 Å². The molecule has 0 N–H and O–H groups in total. The van der Waals surface area contributed by atoms with Crippen LogP contribution in [0.3, 0.4) is 0 Å². The van der Waals surface area contributed by atoms with Gasteiger partial charge in [-0.05, 0) is 82.5 Å². The average Bonchev–Trinajstić information content (AvgIpc) is 3.34. The Morgan fingerprint density at radius 2 is 1.76 bits per heavy atom. The van der Waals surface area contributed by atoms with Crippen molar-refractivity contribution in [2.45, 2.75) is 60.7 Å². The molecule has 5 rings (SSSR count). The molecular weight excluding hydrogens is 530 g/mol. The molecule has 9 nitrogen and oxygen atoms in total. The highest BCUT2D eigenvalue weighted by atomic mass is 16.3. The van der Waals surface area contributed by atoms with Gasteiger partial charge in [-0.2, -0.15) is 0 Å². The molecule has 0 radical (unpaired) electrons. The topological polar surface area (TPSA) is 91.9 Å². The second kappa shape index (κ2) is 11.6. The Hall–Kier alpha value is -4.24. The number of aryl methyl sites for hydroxylation is 3. The van der Waals surface area contributed by atoms with E-state index in [1.54, 1.807) is 53.7 Å². The fourth-order valence-corrected chi connectivity index (χ4v) is 5.79. The van der Waals surface area contributed by atoms with E-state index in [-0.39, 0.29) is 17.4 Å². The Kier molecular flexibility index (Phi) is 8.06. The molecule has 4 aromatic rings.